The average molecular weight is 747 g/mol. The van der Waals surface area contributed by atoms with Gasteiger partial charge in [0.25, 0.3) is 0 Å². The standard InChI is InChI=1S/C56H42O2/c1-57-51-37-50(56-48(42-27-15-6-16-28-42)36-34-46(40-23-11-4-12-24-40)54(56)44-31-19-8-20-32-44)52(58-2)38-49(51)55-47(41-25-13-5-14-26-41)35-33-45(39-21-9-3-10-22-39)53(55)43-29-17-7-18-30-43/h3-38H,1-2H3. The minimum Gasteiger partial charge on any atom is -0.496 e. The van der Waals surface area contributed by atoms with E-state index in [1.165, 1.54) is 0 Å². The summed E-state index contributed by atoms with van der Waals surface area (Å²) in [5, 5.41) is 0. The summed E-state index contributed by atoms with van der Waals surface area (Å²) in [5.41, 5.74) is 17.5. The summed E-state index contributed by atoms with van der Waals surface area (Å²) in [6, 6.07) is 77.3. The Balaban J connectivity index is 1.41. The molecule has 9 aromatic rings. The van der Waals surface area contributed by atoms with E-state index in [-0.39, 0.29) is 0 Å². The predicted octanol–water partition coefficient (Wildman–Crippen LogP) is 15.0. The second-order valence-corrected chi connectivity index (χ2v) is 14.3. The molecule has 9 rings (SSSR count). The van der Waals surface area contributed by atoms with Gasteiger partial charge in [0, 0.05) is 22.3 Å². The third-order valence-electron chi connectivity index (χ3n) is 10.9. The van der Waals surface area contributed by atoms with Crippen molar-refractivity contribution in [3.05, 3.63) is 218 Å². The van der Waals surface area contributed by atoms with Crippen molar-refractivity contribution < 1.29 is 9.47 Å². The first-order chi connectivity index (χ1) is 28.7. The molecule has 0 fully saturated rings. The maximum atomic E-state index is 6.54. The highest BCUT2D eigenvalue weighted by Crippen LogP contribution is 2.53. The van der Waals surface area contributed by atoms with Crippen LogP contribution in [-0.4, -0.2) is 14.2 Å². The maximum Gasteiger partial charge on any atom is 0.127 e. The molecule has 9 aromatic carbocycles. The van der Waals surface area contributed by atoms with E-state index in [2.05, 4.69) is 218 Å². The molecule has 278 valence electrons. The van der Waals surface area contributed by atoms with Gasteiger partial charge in [0.1, 0.15) is 11.5 Å². The van der Waals surface area contributed by atoms with Crippen molar-refractivity contribution in [2.75, 3.05) is 14.2 Å². The summed E-state index contributed by atoms with van der Waals surface area (Å²) in [7, 11) is 3.55. The molecule has 0 saturated carbocycles. The van der Waals surface area contributed by atoms with Crippen molar-refractivity contribution in [2.45, 2.75) is 0 Å². The van der Waals surface area contributed by atoms with Crippen molar-refractivity contribution in [3.8, 4) is 101 Å². The Labute approximate surface area is 341 Å². The lowest BCUT2D eigenvalue weighted by molar-refractivity contribution is 0.406. The first-order valence-corrected chi connectivity index (χ1v) is 19.7. The van der Waals surface area contributed by atoms with Crippen LogP contribution in [0.4, 0.5) is 0 Å². The SMILES string of the molecule is COc1cc(-c2c(-c3ccccc3)ccc(-c3ccccc3)c2-c2ccccc2)c(OC)cc1-c1c(-c2ccccc2)ccc(-c2ccccc2)c1-c1ccccc1. The fourth-order valence-corrected chi connectivity index (χ4v) is 8.30. The van der Waals surface area contributed by atoms with E-state index in [1.807, 2.05) is 0 Å². The van der Waals surface area contributed by atoms with Crippen LogP contribution in [0.3, 0.4) is 0 Å². The molecule has 0 heterocycles. The minimum atomic E-state index is 0.749. The Hall–Kier alpha value is -7.42. The molecular formula is C56H42O2. The molecule has 0 amide bonds. The molecule has 0 saturated heterocycles. The van der Waals surface area contributed by atoms with Crippen LogP contribution in [0.25, 0.3) is 89.0 Å². The van der Waals surface area contributed by atoms with E-state index >= 15 is 0 Å². The van der Waals surface area contributed by atoms with Gasteiger partial charge in [-0.05, 0) is 78.9 Å². The highest BCUT2D eigenvalue weighted by Gasteiger charge is 2.27. The van der Waals surface area contributed by atoms with Crippen molar-refractivity contribution in [1.29, 1.82) is 0 Å². The molecule has 2 nitrogen and oxygen atoms in total. The van der Waals surface area contributed by atoms with Crippen molar-refractivity contribution in [2.24, 2.45) is 0 Å². The first kappa shape index (κ1) is 36.2. The van der Waals surface area contributed by atoms with Gasteiger partial charge in [0.2, 0.25) is 0 Å². The zero-order chi connectivity index (χ0) is 39.3. The first-order valence-electron chi connectivity index (χ1n) is 19.7. The van der Waals surface area contributed by atoms with Gasteiger partial charge >= 0.3 is 0 Å². The average Bonchev–Trinajstić information content (AvgIpc) is 3.32. The summed E-state index contributed by atoms with van der Waals surface area (Å²) in [5.74, 6) is 1.50. The molecule has 0 aliphatic heterocycles. The number of methoxy groups -OCH3 is 2. The van der Waals surface area contributed by atoms with Crippen molar-refractivity contribution in [3.63, 3.8) is 0 Å². The van der Waals surface area contributed by atoms with Gasteiger partial charge in [0.05, 0.1) is 14.2 Å². The molecule has 0 N–H and O–H groups in total. The molecule has 0 bridgehead atoms. The van der Waals surface area contributed by atoms with Crippen molar-refractivity contribution in [1.82, 2.24) is 0 Å². The van der Waals surface area contributed by atoms with E-state index in [0.717, 1.165) is 101 Å². The normalized spacial score (nSPS) is 10.9. The molecule has 0 aromatic heterocycles. The van der Waals surface area contributed by atoms with Gasteiger partial charge < -0.3 is 9.47 Å². The molecule has 0 aliphatic carbocycles. The molecule has 0 radical (unpaired) electrons. The predicted molar refractivity (Wildman–Crippen MR) is 243 cm³/mol. The van der Waals surface area contributed by atoms with E-state index in [4.69, 9.17) is 9.47 Å². The van der Waals surface area contributed by atoms with E-state index < -0.39 is 0 Å². The second kappa shape index (κ2) is 16.4. The monoisotopic (exact) mass is 746 g/mol. The number of hydrogen-bond acceptors (Lipinski definition) is 2. The van der Waals surface area contributed by atoms with Gasteiger partial charge in [-0.3, -0.25) is 0 Å². The number of ether oxygens (including phenoxy) is 2. The van der Waals surface area contributed by atoms with E-state index in [0.29, 0.717) is 0 Å². The maximum absolute atomic E-state index is 6.54. The Morgan fingerprint density at radius 2 is 0.448 bits per heavy atom. The summed E-state index contributed by atoms with van der Waals surface area (Å²) in [6.45, 7) is 0. The van der Waals surface area contributed by atoms with E-state index in [1.54, 1.807) is 14.2 Å². The van der Waals surface area contributed by atoms with Crippen LogP contribution in [-0.2, 0) is 0 Å². The van der Waals surface area contributed by atoms with Crippen LogP contribution in [0.15, 0.2) is 218 Å². The third-order valence-corrected chi connectivity index (χ3v) is 10.9. The van der Waals surface area contributed by atoms with Crippen molar-refractivity contribution >= 4 is 0 Å². The molecular weight excluding hydrogens is 705 g/mol. The molecule has 0 aliphatic rings. The highest BCUT2D eigenvalue weighted by atomic mass is 16.5. The minimum absolute atomic E-state index is 0.749. The highest BCUT2D eigenvalue weighted by molar-refractivity contribution is 6.06. The molecule has 0 unspecified atom stereocenters. The summed E-state index contributed by atoms with van der Waals surface area (Å²) >= 11 is 0. The Morgan fingerprint density at radius 3 is 0.690 bits per heavy atom. The molecule has 0 atom stereocenters. The van der Waals surface area contributed by atoms with E-state index in [9.17, 15) is 0 Å². The largest absolute Gasteiger partial charge is 0.496 e. The van der Waals surface area contributed by atoms with Gasteiger partial charge in [0.15, 0.2) is 0 Å². The molecule has 2 heteroatoms. The number of rotatable bonds is 10. The number of benzene rings is 9. The van der Waals surface area contributed by atoms with Gasteiger partial charge in [-0.1, -0.05) is 206 Å². The summed E-state index contributed by atoms with van der Waals surface area (Å²) in [6.07, 6.45) is 0. The molecule has 58 heavy (non-hydrogen) atoms. The Bertz CT molecular complexity index is 2600. The van der Waals surface area contributed by atoms with Crippen LogP contribution in [0.5, 0.6) is 11.5 Å². The van der Waals surface area contributed by atoms with Crippen LogP contribution >= 0.6 is 0 Å². The second-order valence-electron chi connectivity index (χ2n) is 14.3. The smallest absolute Gasteiger partial charge is 0.127 e. The van der Waals surface area contributed by atoms with Crippen LogP contribution in [0.1, 0.15) is 0 Å². The third kappa shape index (κ3) is 6.86. The van der Waals surface area contributed by atoms with Crippen LogP contribution in [0, 0.1) is 0 Å². The fourth-order valence-electron chi connectivity index (χ4n) is 8.30. The molecule has 0 spiro atoms. The van der Waals surface area contributed by atoms with Gasteiger partial charge in [-0.15, -0.1) is 0 Å². The lowest BCUT2D eigenvalue weighted by Gasteiger charge is -2.25. The topological polar surface area (TPSA) is 18.5 Å². The lowest BCUT2D eigenvalue weighted by Crippen LogP contribution is -2.00. The quantitative estimate of drug-likeness (QED) is 0.139. The van der Waals surface area contributed by atoms with Crippen LogP contribution in [0.2, 0.25) is 0 Å². The van der Waals surface area contributed by atoms with Gasteiger partial charge in [-0.2, -0.15) is 0 Å². The summed E-state index contributed by atoms with van der Waals surface area (Å²) in [4.78, 5) is 0. The Morgan fingerprint density at radius 1 is 0.224 bits per heavy atom. The van der Waals surface area contributed by atoms with Crippen LogP contribution < -0.4 is 9.47 Å². The zero-order valence-electron chi connectivity index (χ0n) is 32.6. The zero-order valence-corrected chi connectivity index (χ0v) is 32.6. The summed E-state index contributed by atoms with van der Waals surface area (Å²) < 4.78 is 13.1. The Kier molecular flexibility index (Phi) is 10.2. The number of hydrogen-bond donors (Lipinski definition) is 0. The fraction of sp³-hybridized carbons (Fsp3) is 0.0357. The lowest BCUT2D eigenvalue weighted by atomic mass is 9.80. The van der Waals surface area contributed by atoms with Gasteiger partial charge in [-0.25, -0.2) is 0 Å².